The summed E-state index contributed by atoms with van der Waals surface area (Å²) < 4.78 is 6.97. The maximum Gasteiger partial charge on any atom is 0.254 e. The molecule has 1 aromatic carbocycles. The van der Waals surface area contributed by atoms with E-state index < -0.39 is 0 Å². The summed E-state index contributed by atoms with van der Waals surface area (Å²) in [5.74, 6) is 1.28. The maximum absolute atomic E-state index is 5.98. The van der Waals surface area contributed by atoms with Crippen LogP contribution in [0.15, 0.2) is 46.6 Å². The van der Waals surface area contributed by atoms with Crippen LogP contribution < -0.4 is 4.74 Å². The minimum absolute atomic E-state index is 0.387. The number of ether oxygens (including phenoxy) is 1. The lowest BCUT2D eigenvalue weighted by molar-refractivity contribution is 0.405. The van der Waals surface area contributed by atoms with Crippen molar-refractivity contribution in [2.24, 2.45) is 0 Å². The van der Waals surface area contributed by atoms with E-state index in [1.165, 1.54) is 18.1 Å². The third-order valence-electron chi connectivity index (χ3n) is 2.47. The molecular weight excluding hydrogens is 284 g/mol. The Labute approximate surface area is 118 Å². The molecule has 0 atom stereocenters. The van der Waals surface area contributed by atoms with E-state index in [4.69, 9.17) is 16.3 Å². The molecule has 0 saturated heterocycles. The molecule has 0 aliphatic carbocycles. The molecule has 0 amide bonds. The van der Waals surface area contributed by atoms with Gasteiger partial charge in [-0.25, -0.2) is 0 Å². The first kappa shape index (κ1) is 12.3. The van der Waals surface area contributed by atoms with Crippen LogP contribution in [0.2, 0.25) is 5.15 Å². The van der Waals surface area contributed by atoms with Gasteiger partial charge in [-0.3, -0.25) is 0 Å². The summed E-state index contributed by atoms with van der Waals surface area (Å²) in [5, 5.41) is 5.35. The van der Waals surface area contributed by atoms with E-state index in [-0.39, 0.29) is 0 Å². The Hall–Kier alpha value is -1.79. The largest absolute Gasteiger partial charge is 0.496 e. The molecule has 19 heavy (non-hydrogen) atoms. The quantitative estimate of drug-likeness (QED) is 0.695. The van der Waals surface area contributed by atoms with E-state index in [1.54, 1.807) is 17.7 Å². The smallest absolute Gasteiger partial charge is 0.254 e. The van der Waals surface area contributed by atoms with Gasteiger partial charge < -0.3 is 4.74 Å². The summed E-state index contributed by atoms with van der Waals surface area (Å²) in [7, 11) is 1.64. The monoisotopic (exact) mass is 292 g/mol. The summed E-state index contributed by atoms with van der Waals surface area (Å²) in [6.07, 6.45) is 1.45. The fraction of sp³-hybridized carbons (Fsp3) is 0.0833. The second kappa shape index (κ2) is 5.07. The molecule has 96 valence electrons. The van der Waals surface area contributed by atoms with Crippen LogP contribution in [0.25, 0.3) is 5.78 Å². The lowest BCUT2D eigenvalue weighted by atomic mass is 10.3. The van der Waals surface area contributed by atoms with Crippen molar-refractivity contribution in [2.75, 3.05) is 7.11 Å². The van der Waals surface area contributed by atoms with Gasteiger partial charge in [0, 0.05) is 6.07 Å². The highest BCUT2D eigenvalue weighted by Gasteiger charge is 2.10. The molecule has 0 aliphatic heterocycles. The van der Waals surface area contributed by atoms with Crippen molar-refractivity contribution in [1.82, 2.24) is 19.6 Å². The summed E-state index contributed by atoms with van der Waals surface area (Å²) in [4.78, 5) is 9.10. The first-order chi connectivity index (χ1) is 9.28. The topological polar surface area (TPSA) is 52.3 Å². The van der Waals surface area contributed by atoms with Crippen LogP contribution in [-0.2, 0) is 0 Å². The fourth-order valence-electron chi connectivity index (χ4n) is 1.65. The number of para-hydroxylation sites is 1. The fourth-order valence-corrected chi connectivity index (χ4v) is 2.90. The Bertz CT molecular complexity index is 731. The zero-order valence-electron chi connectivity index (χ0n) is 9.95. The van der Waals surface area contributed by atoms with E-state index in [9.17, 15) is 0 Å². The first-order valence-electron chi connectivity index (χ1n) is 5.45. The van der Waals surface area contributed by atoms with Crippen LogP contribution >= 0.6 is 23.4 Å². The molecule has 0 fully saturated rings. The predicted octanol–water partition coefficient (Wildman–Crippen LogP) is 2.94. The predicted molar refractivity (Wildman–Crippen MR) is 72.9 cm³/mol. The Kier molecular flexibility index (Phi) is 3.27. The van der Waals surface area contributed by atoms with Gasteiger partial charge in [0.2, 0.25) is 0 Å². The lowest BCUT2D eigenvalue weighted by Crippen LogP contribution is -1.96. The SMILES string of the molecule is COc1ccccc1Sc1cc(Cl)nc2ncnn12. The summed E-state index contributed by atoms with van der Waals surface area (Å²) >= 11 is 7.48. The molecule has 0 bridgehead atoms. The molecule has 0 unspecified atom stereocenters. The van der Waals surface area contributed by atoms with Crippen LogP contribution in [-0.4, -0.2) is 26.7 Å². The molecule has 0 radical (unpaired) electrons. The van der Waals surface area contributed by atoms with Crippen molar-refractivity contribution in [1.29, 1.82) is 0 Å². The highest BCUT2D eigenvalue weighted by atomic mass is 35.5. The Morgan fingerprint density at radius 2 is 2.16 bits per heavy atom. The van der Waals surface area contributed by atoms with Gasteiger partial charge in [-0.05, 0) is 12.1 Å². The number of halogens is 1. The summed E-state index contributed by atoms with van der Waals surface area (Å²) in [6.45, 7) is 0. The zero-order valence-corrected chi connectivity index (χ0v) is 11.5. The zero-order chi connectivity index (χ0) is 13.2. The van der Waals surface area contributed by atoms with Gasteiger partial charge in [0.25, 0.3) is 5.78 Å². The molecule has 2 heterocycles. The number of rotatable bonds is 3. The number of methoxy groups -OCH3 is 1. The van der Waals surface area contributed by atoms with E-state index >= 15 is 0 Å². The molecule has 0 spiro atoms. The van der Waals surface area contributed by atoms with Crippen molar-refractivity contribution in [2.45, 2.75) is 9.92 Å². The highest BCUT2D eigenvalue weighted by molar-refractivity contribution is 7.99. The standard InChI is InChI=1S/C12H9ClN4OS/c1-18-8-4-2-3-5-9(8)19-11-6-10(13)16-12-14-7-15-17(11)12/h2-7H,1H3. The molecule has 0 aliphatic rings. The summed E-state index contributed by atoms with van der Waals surface area (Å²) in [6, 6.07) is 9.50. The van der Waals surface area contributed by atoms with Crippen molar-refractivity contribution in [3.8, 4) is 5.75 Å². The average Bonchev–Trinajstić information content (AvgIpc) is 2.87. The van der Waals surface area contributed by atoms with Crippen LogP contribution in [0.1, 0.15) is 0 Å². The number of fused-ring (bicyclic) bond motifs is 1. The second-order valence-electron chi connectivity index (χ2n) is 3.64. The van der Waals surface area contributed by atoms with Gasteiger partial charge in [-0.15, -0.1) is 0 Å². The van der Waals surface area contributed by atoms with Crippen molar-refractivity contribution in [3.63, 3.8) is 0 Å². The number of benzene rings is 1. The van der Waals surface area contributed by atoms with Gasteiger partial charge in [0.15, 0.2) is 0 Å². The van der Waals surface area contributed by atoms with Crippen molar-refractivity contribution in [3.05, 3.63) is 41.8 Å². The van der Waals surface area contributed by atoms with Gasteiger partial charge in [0.05, 0.1) is 12.0 Å². The molecule has 2 aromatic heterocycles. The number of hydrogen-bond acceptors (Lipinski definition) is 5. The summed E-state index contributed by atoms with van der Waals surface area (Å²) in [5.41, 5.74) is 0. The first-order valence-corrected chi connectivity index (χ1v) is 6.64. The molecule has 7 heteroatoms. The lowest BCUT2D eigenvalue weighted by Gasteiger charge is -2.08. The van der Waals surface area contributed by atoms with Crippen LogP contribution in [0, 0.1) is 0 Å². The van der Waals surface area contributed by atoms with Crippen molar-refractivity contribution >= 4 is 29.1 Å². The molecule has 0 N–H and O–H groups in total. The van der Waals surface area contributed by atoms with Gasteiger partial charge in [-0.1, -0.05) is 35.5 Å². The van der Waals surface area contributed by atoms with Gasteiger partial charge >= 0.3 is 0 Å². The normalized spacial score (nSPS) is 10.8. The third kappa shape index (κ3) is 2.36. The van der Waals surface area contributed by atoms with Gasteiger partial charge in [0.1, 0.15) is 22.3 Å². The van der Waals surface area contributed by atoms with E-state index in [0.717, 1.165) is 15.7 Å². The molecule has 5 nitrogen and oxygen atoms in total. The Balaban J connectivity index is 2.07. The maximum atomic E-state index is 5.98. The average molecular weight is 293 g/mol. The van der Waals surface area contributed by atoms with Crippen molar-refractivity contribution < 1.29 is 4.74 Å². The van der Waals surface area contributed by atoms with E-state index in [2.05, 4.69) is 15.1 Å². The highest BCUT2D eigenvalue weighted by Crippen LogP contribution is 2.35. The number of aromatic nitrogens is 4. The van der Waals surface area contributed by atoms with E-state index in [1.807, 2.05) is 24.3 Å². The van der Waals surface area contributed by atoms with Gasteiger partial charge in [-0.2, -0.15) is 19.6 Å². The number of nitrogens with zero attached hydrogens (tertiary/aromatic N) is 4. The number of hydrogen-bond donors (Lipinski definition) is 0. The third-order valence-corrected chi connectivity index (χ3v) is 3.72. The second-order valence-corrected chi connectivity index (χ2v) is 5.09. The Morgan fingerprint density at radius 1 is 1.32 bits per heavy atom. The van der Waals surface area contributed by atoms with E-state index in [0.29, 0.717) is 10.9 Å². The van der Waals surface area contributed by atoms with Crippen LogP contribution in [0.4, 0.5) is 0 Å². The molecule has 3 aromatic rings. The molecular formula is C12H9ClN4OS. The van der Waals surface area contributed by atoms with Crippen LogP contribution in [0.5, 0.6) is 5.75 Å². The minimum Gasteiger partial charge on any atom is -0.496 e. The minimum atomic E-state index is 0.387. The molecule has 3 rings (SSSR count). The molecule has 0 saturated carbocycles. The van der Waals surface area contributed by atoms with Crippen LogP contribution in [0.3, 0.4) is 0 Å². The Morgan fingerprint density at radius 3 is 3.00 bits per heavy atom.